The summed E-state index contributed by atoms with van der Waals surface area (Å²) in [6.45, 7) is 4.29. The quantitative estimate of drug-likeness (QED) is 0.327. The van der Waals surface area contributed by atoms with E-state index in [1.54, 1.807) is 30.7 Å². The van der Waals surface area contributed by atoms with Crippen molar-refractivity contribution >= 4 is 17.5 Å². The largest absolute Gasteiger partial charge is 0.392 e. The highest BCUT2D eigenvalue weighted by molar-refractivity contribution is 6.04. The molecule has 216 valence electrons. The number of hydrogen-bond donors (Lipinski definition) is 2. The number of benzene rings is 2. The van der Waals surface area contributed by atoms with Crippen molar-refractivity contribution in [2.45, 2.75) is 31.5 Å². The van der Waals surface area contributed by atoms with Gasteiger partial charge in [0.15, 0.2) is 6.29 Å². The fourth-order valence-corrected chi connectivity index (χ4v) is 5.33. The Labute approximate surface area is 245 Å². The lowest BCUT2D eigenvalue weighted by molar-refractivity contribution is -0.253. The number of amides is 1. The summed E-state index contributed by atoms with van der Waals surface area (Å²) < 4.78 is 13.0. The van der Waals surface area contributed by atoms with Crippen LogP contribution in [0.25, 0.3) is 0 Å². The lowest BCUT2D eigenvalue weighted by Crippen LogP contribution is -2.50. The number of pyridine rings is 1. The summed E-state index contributed by atoms with van der Waals surface area (Å²) in [4.78, 5) is 30.0. The Hall–Kier alpha value is -4.22. The molecule has 2 saturated heterocycles. The van der Waals surface area contributed by atoms with Crippen LogP contribution in [0.2, 0.25) is 0 Å². The molecule has 1 amide bonds. The highest BCUT2D eigenvalue weighted by Gasteiger charge is 2.34. The molecule has 0 radical (unpaired) electrons. The van der Waals surface area contributed by atoms with Crippen molar-refractivity contribution in [3.63, 3.8) is 0 Å². The zero-order chi connectivity index (χ0) is 28.7. The fraction of sp³-hybridized carbons (Fsp3) is 0.312. The molecule has 6 rings (SSSR count). The summed E-state index contributed by atoms with van der Waals surface area (Å²) in [5.74, 6) is 0.553. The Bertz CT molecular complexity index is 1430. The van der Waals surface area contributed by atoms with Crippen LogP contribution in [0.15, 0.2) is 91.5 Å². The molecule has 3 atom stereocenters. The number of piperazine rings is 1. The number of rotatable bonds is 8. The minimum atomic E-state index is -0.562. The Morgan fingerprint density at radius 1 is 0.881 bits per heavy atom. The van der Waals surface area contributed by atoms with Gasteiger partial charge in [-0.1, -0.05) is 36.4 Å². The van der Waals surface area contributed by atoms with Gasteiger partial charge in [0.05, 0.1) is 24.4 Å². The summed E-state index contributed by atoms with van der Waals surface area (Å²) in [6.07, 6.45) is 6.68. The molecule has 10 heteroatoms. The molecular formula is C32H34N6O4. The van der Waals surface area contributed by atoms with Crippen molar-refractivity contribution in [3.05, 3.63) is 114 Å². The Morgan fingerprint density at radius 2 is 1.62 bits per heavy atom. The van der Waals surface area contributed by atoms with Crippen LogP contribution in [0.3, 0.4) is 0 Å². The molecule has 2 aliphatic rings. The van der Waals surface area contributed by atoms with Gasteiger partial charge in [-0.3, -0.25) is 14.7 Å². The molecular weight excluding hydrogens is 532 g/mol. The number of ether oxygens (including phenoxy) is 2. The number of carbonyl (C=O) groups excluding carboxylic acids is 1. The minimum absolute atomic E-state index is 0.00381. The average Bonchev–Trinajstić information content (AvgIpc) is 3.06. The van der Waals surface area contributed by atoms with Crippen LogP contribution >= 0.6 is 0 Å². The van der Waals surface area contributed by atoms with Gasteiger partial charge >= 0.3 is 0 Å². The molecule has 2 fully saturated rings. The van der Waals surface area contributed by atoms with E-state index in [-0.39, 0.29) is 24.7 Å². The molecule has 0 saturated carbocycles. The number of nitrogens with zero attached hydrogens (tertiary/aromatic N) is 5. The van der Waals surface area contributed by atoms with E-state index in [4.69, 9.17) is 9.47 Å². The normalized spacial score (nSPS) is 21.2. The number of anilines is 2. The van der Waals surface area contributed by atoms with Crippen LogP contribution in [-0.2, 0) is 16.1 Å². The monoisotopic (exact) mass is 566 g/mol. The molecule has 4 heterocycles. The zero-order valence-corrected chi connectivity index (χ0v) is 23.3. The molecule has 0 aliphatic carbocycles. The number of aliphatic hydroxyl groups excluding tert-OH is 1. The van der Waals surface area contributed by atoms with E-state index in [0.29, 0.717) is 11.3 Å². The van der Waals surface area contributed by atoms with Gasteiger partial charge < -0.3 is 24.8 Å². The van der Waals surface area contributed by atoms with Crippen molar-refractivity contribution in [1.29, 1.82) is 0 Å². The summed E-state index contributed by atoms with van der Waals surface area (Å²) in [7, 11) is 0. The van der Waals surface area contributed by atoms with Crippen LogP contribution < -0.4 is 10.2 Å². The van der Waals surface area contributed by atoms with Gasteiger partial charge in [-0.25, -0.2) is 9.97 Å². The maximum atomic E-state index is 12.5. The van der Waals surface area contributed by atoms with E-state index in [0.717, 1.165) is 61.8 Å². The average molecular weight is 567 g/mol. The molecule has 42 heavy (non-hydrogen) atoms. The van der Waals surface area contributed by atoms with E-state index in [2.05, 4.69) is 30.1 Å². The molecule has 3 unspecified atom stereocenters. The van der Waals surface area contributed by atoms with E-state index in [1.807, 2.05) is 54.6 Å². The van der Waals surface area contributed by atoms with Gasteiger partial charge in [-0.2, -0.15) is 0 Å². The Balaban J connectivity index is 1.14. The number of hydrogen-bond acceptors (Lipinski definition) is 9. The van der Waals surface area contributed by atoms with Crippen molar-refractivity contribution in [2.75, 3.05) is 42.9 Å². The van der Waals surface area contributed by atoms with E-state index in [1.165, 1.54) is 6.20 Å². The van der Waals surface area contributed by atoms with Gasteiger partial charge in [0.1, 0.15) is 0 Å². The molecule has 0 bridgehead atoms. The second kappa shape index (κ2) is 13.2. The number of carbonyl (C=O) groups is 1. The van der Waals surface area contributed by atoms with E-state index in [9.17, 15) is 9.90 Å². The summed E-state index contributed by atoms with van der Waals surface area (Å²) in [5, 5.41) is 12.4. The summed E-state index contributed by atoms with van der Waals surface area (Å²) in [6, 6.07) is 20.8. The second-order valence-electron chi connectivity index (χ2n) is 10.5. The van der Waals surface area contributed by atoms with Crippen LogP contribution in [-0.4, -0.2) is 69.7 Å². The van der Waals surface area contributed by atoms with Gasteiger partial charge in [0, 0.05) is 75.2 Å². The highest BCUT2D eigenvalue weighted by Crippen LogP contribution is 2.38. The smallest absolute Gasteiger partial charge is 0.257 e. The molecule has 4 aromatic rings. The van der Waals surface area contributed by atoms with Gasteiger partial charge in [0.2, 0.25) is 5.95 Å². The number of nitrogens with one attached hydrogen (secondary N) is 1. The highest BCUT2D eigenvalue weighted by atomic mass is 16.7. The minimum Gasteiger partial charge on any atom is -0.392 e. The van der Waals surface area contributed by atoms with Gasteiger partial charge in [0.25, 0.3) is 5.91 Å². The third-order valence-electron chi connectivity index (χ3n) is 7.65. The second-order valence-corrected chi connectivity index (χ2v) is 10.5. The van der Waals surface area contributed by atoms with Crippen LogP contribution in [0, 0.1) is 0 Å². The predicted molar refractivity (Wildman–Crippen MR) is 158 cm³/mol. The molecule has 2 aliphatic heterocycles. The number of aromatic nitrogens is 3. The van der Waals surface area contributed by atoms with Crippen molar-refractivity contribution < 1.29 is 19.4 Å². The Kier molecular flexibility index (Phi) is 8.76. The SMILES string of the molecule is O=C(Nc1ccc(C2OC(CN3CCN(c4ncccn4)CC3)CC(c3ccc(CO)cc3)O2)cc1)c1cccnc1. The molecule has 2 aromatic heterocycles. The first kappa shape index (κ1) is 27.9. The van der Waals surface area contributed by atoms with E-state index >= 15 is 0 Å². The van der Waals surface area contributed by atoms with Crippen molar-refractivity contribution in [1.82, 2.24) is 19.9 Å². The van der Waals surface area contributed by atoms with Crippen LogP contribution in [0.4, 0.5) is 11.6 Å². The van der Waals surface area contributed by atoms with Crippen LogP contribution in [0.5, 0.6) is 0 Å². The first-order valence-electron chi connectivity index (χ1n) is 14.2. The molecule has 10 nitrogen and oxygen atoms in total. The standard InChI is InChI=1S/C32H34N6O4/c39-22-23-4-6-24(7-5-23)29-19-28(21-37-15-17-38(18-16-37)32-34-13-2-14-35-32)41-31(42-29)25-8-10-27(11-9-25)36-30(40)26-3-1-12-33-20-26/h1-14,20,28-29,31,39H,15-19,21-22H2,(H,36,40). The first-order valence-corrected chi connectivity index (χ1v) is 14.2. The van der Waals surface area contributed by atoms with Crippen LogP contribution in [0.1, 0.15) is 45.9 Å². The van der Waals surface area contributed by atoms with Crippen molar-refractivity contribution in [3.8, 4) is 0 Å². The zero-order valence-electron chi connectivity index (χ0n) is 23.3. The maximum Gasteiger partial charge on any atom is 0.257 e. The van der Waals surface area contributed by atoms with Gasteiger partial charge in [-0.15, -0.1) is 0 Å². The lowest BCUT2D eigenvalue weighted by atomic mass is 9.99. The summed E-state index contributed by atoms with van der Waals surface area (Å²) >= 11 is 0. The lowest BCUT2D eigenvalue weighted by Gasteiger charge is -2.40. The third-order valence-corrected chi connectivity index (χ3v) is 7.65. The maximum absolute atomic E-state index is 12.5. The topological polar surface area (TPSA) is 113 Å². The molecule has 0 spiro atoms. The third kappa shape index (κ3) is 6.80. The fourth-order valence-electron chi connectivity index (χ4n) is 5.33. The first-order chi connectivity index (χ1) is 20.6. The molecule has 2 aromatic carbocycles. The van der Waals surface area contributed by atoms with Gasteiger partial charge in [-0.05, 0) is 41.5 Å². The predicted octanol–water partition coefficient (Wildman–Crippen LogP) is 3.98. The Morgan fingerprint density at radius 3 is 2.31 bits per heavy atom. The van der Waals surface area contributed by atoms with E-state index < -0.39 is 6.29 Å². The molecule has 2 N–H and O–H groups in total. The summed E-state index contributed by atoms with van der Waals surface area (Å²) in [5.41, 5.74) is 3.97. The van der Waals surface area contributed by atoms with Crippen molar-refractivity contribution in [2.24, 2.45) is 0 Å². The number of aliphatic hydroxyl groups is 1.